The predicted molar refractivity (Wildman–Crippen MR) is 76.3 cm³/mol. The van der Waals surface area contributed by atoms with Crippen molar-refractivity contribution in [3.8, 4) is 0 Å². The number of nitrogen functional groups attached to an aromatic ring is 2. The Balaban J connectivity index is 2.08. The molecule has 0 spiro atoms. The molecule has 0 atom stereocenters. The zero-order valence-electron chi connectivity index (χ0n) is 9.19. The molecule has 2 aromatic rings. The zero-order chi connectivity index (χ0) is 12.3. The van der Waals surface area contributed by atoms with Crippen LogP contribution in [0, 0.1) is 0 Å². The van der Waals surface area contributed by atoms with Crippen LogP contribution in [0.2, 0.25) is 5.02 Å². The molecule has 0 fully saturated rings. The third-order valence-electron chi connectivity index (χ3n) is 2.37. The first-order valence-corrected chi connectivity index (χ1v) is 6.54. The molecular formula is C13H13ClN2S. The molecule has 0 heterocycles. The van der Waals surface area contributed by atoms with Crippen molar-refractivity contribution in [3.63, 3.8) is 0 Å². The van der Waals surface area contributed by atoms with Gasteiger partial charge in [-0.05, 0) is 29.8 Å². The van der Waals surface area contributed by atoms with Crippen LogP contribution in [0.4, 0.5) is 11.4 Å². The van der Waals surface area contributed by atoms with Gasteiger partial charge >= 0.3 is 0 Å². The van der Waals surface area contributed by atoms with Crippen LogP contribution in [-0.4, -0.2) is 0 Å². The van der Waals surface area contributed by atoms with Gasteiger partial charge in [0.1, 0.15) is 0 Å². The van der Waals surface area contributed by atoms with Gasteiger partial charge in [-0.2, -0.15) is 0 Å². The highest BCUT2D eigenvalue weighted by Crippen LogP contribution is 2.29. The van der Waals surface area contributed by atoms with Gasteiger partial charge in [-0.25, -0.2) is 0 Å². The summed E-state index contributed by atoms with van der Waals surface area (Å²) in [6, 6.07) is 13.5. The molecule has 0 bridgehead atoms. The Hall–Kier alpha value is -1.32. The SMILES string of the molecule is Nc1cc(CSc2ccccc2N)ccc1Cl. The predicted octanol–water partition coefficient (Wildman–Crippen LogP) is 3.80. The van der Waals surface area contributed by atoms with Crippen molar-refractivity contribution in [2.24, 2.45) is 0 Å². The number of thioether (sulfide) groups is 1. The van der Waals surface area contributed by atoms with Crippen LogP contribution < -0.4 is 11.5 Å². The molecule has 2 aromatic carbocycles. The van der Waals surface area contributed by atoms with Gasteiger partial charge < -0.3 is 11.5 Å². The minimum absolute atomic E-state index is 0.595. The highest BCUT2D eigenvalue weighted by atomic mass is 35.5. The van der Waals surface area contributed by atoms with Crippen LogP contribution in [0.25, 0.3) is 0 Å². The van der Waals surface area contributed by atoms with E-state index in [4.69, 9.17) is 23.1 Å². The number of hydrogen-bond donors (Lipinski definition) is 2. The summed E-state index contributed by atoms with van der Waals surface area (Å²) in [5, 5.41) is 0.595. The molecule has 4 N–H and O–H groups in total. The highest BCUT2D eigenvalue weighted by molar-refractivity contribution is 7.98. The Bertz CT molecular complexity index is 529. The van der Waals surface area contributed by atoms with Gasteiger partial charge in [0.2, 0.25) is 0 Å². The molecule has 2 nitrogen and oxygen atoms in total. The molecule has 0 aliphatic heterocycles. The fourth-order valence-electron chi connectivity index (χ4n) is 1.46. The standard InChI is InChI=1S/C13H13ClN2S/c14-10-6-5-9(7-12(10)16)8-17-13-4-2-1-3-11(13)15/h1-7H,8,15-16H2. The quantitative estimate of drug-likeness (QED) is 0.655. The summed E-state index contributed by atoms with van der Waals surface area (Å²) in [5.41, 5.74) is 14.2. The van der Waals surface area contributed by atoms with E-state index in [-0.39, 0.29) is 0 Å². The molecule has 0 amide bonds. The largest absolute Gasteiger partial charge is 0.398 e. The van der Waals surface area contributed by atoms with Crippen molar-refractivity contribution in [1.82, 2.24) is 0 Å². The average molecular weight is 265 g/mol. The van der Waals surface area contributed by atoms with Crippen LogP contribution >= 0.6 is 23.4 Å². The fourth-order valence-corrected chi connectivity index (χ4v) is 2.48. The minimum Gasteiger partial charge on any atom is -0.398 e. The smallest absolute Gasteiger partial charge is 0.0635 e. The number of benzene rings is 2. The van der Waals surface area contributed by atoms with E-state index in [0.717, 1.165) is 21.9 Å². The number of hydrogen-bond acceptors (Lipinski definition) is 3. The van der Waals surface area contributed by atoms with Gasteiger partial charge in [0, 0.05) is 16.3 Å². The average Bonchev–Trinajstić information content (AvgIpc) is 2.32. The van der Waals surface area contributed by atoms with Crippen LogP contribution in [0.15, 0.2) is 47.4 Å². The van der Waals surface area contributed by atoms with Crippen LogP contribution in [0.1, 0.15) is 5.56 Å². The lowest BCUT2D eigenvalue weighted by Gasteiger charge is -2.06. The summed E-state index contributed by atoms with van der Waals surface area (Å²) in [6.07, 6.45) is 0. The summed E-state index contributed by atoms with van der Waals surface area (Å²) in [6.45, 7) is 0. The van der Waals surface area contributed by atoms with Gasteiger partial charge in [0.25, 0.3) is 0 Å². The monoisotopic (exact) mass is 264 g/mol. The van der Waals surface area contributed by atoms with Crippen molar-refractivity contribution >= 4 is 34.7 Å². The second-order valence-corrected chi connectivity index (χ2v) is 5.11. The molecule has 4 heteroatoms. The third kappa shape index (κ3) is 3.08. The van der Waals surface area contributed by atoms with Crippen molar-refractivity contribution in [2.45, 2.75) is 10.6 Å². The number of halogens is 1. The van der Waals surface area contributed by atoms with Crippen LogP contribution in [-0.2, 0) is 5.75 Å². The summed E-state index contributed by atoms with van der Waals surface area (Å²) in [5.74, 6) is 0.829. The summed E-state index contributed by atoms with van der Waals surface area (Å²) in [7, 11) is 0. The molecule has 2 rings (SSSR count). The fraction of sp³-hybridized carbons (Fsp3) is 0.0769. The Morgan fingerprint density at radius 2 is 1.76 bits per heavy atom. The molecule has 0 saturated heterocycles. The van der Waals surface area contributed by atoms with Crippen molar-refractivity contribution in [2.75, 3.05) is 11.5 Å². The third-order valence-corrected chi connectivity index (χ3v) is 3.88. The summed E-state index contributed by atoms with van der Waals surface area (Å²) < 4.78 is 0. The van der Waals surface area contributed by atoms with E-state index in [9.17, 15) is 0 Å². The molecule has 88 valence electrons. The van der Waals surface area contributed by atoms with E-state index >= 15 is 0 Å². The molecular weight excluding hydrogens is 252 g/mol. The minimum atomic E-state index is 0.595. The number of anilines is 2. The van der Waals surface area contributed by atoms with Gasteiger partial charge in [-0.15, -0.1) is 11.8 Å². The Morgan fingerprint density at radius 3 is 2.47 bits per heavy atom. The lowest BCUT2D eigenvalue weighted by atomic mass is 10.2. The van der Waals surface area contributed by atoms with E-state index in [2.05, 4.69) is 0 Å². The molecule has 0 radical (unpaired) electrons. The van der Waals surface area contributed by atoms with E-state index in [1.54, 1.807) is 11.8 Å². The Kier molecular flexibility index (Phi) is 3.82. The normalized spacial score (nSPS) is 10.4. The van der Waals surface area contributed by atoms with Crippen molar-refractivity contribution in [1.29, 1.82) is 0 Å². The van der Waals surface area contributed by atoms with Crippen LogP contribution in [0.3, 0.4) is 0 Å². The van der Waals surface area contributed by atoms with Gasteiger partial charge in [0.15, 0.2) is 0 Å². The van der Waals surface area contributed by atoms with Crippen molar-refractivity contribution in [3.05, 3.63) is 53.1 Å². The van der Waals surface area contributed by atoms with Gasteiger partial charge in [0.05, 0.1) is 10.7 Å². The lowest BCUT2D eigenvalue weighted by molar-refractivity contribution is 1.38. The molecule has 0 aliphatic rings. The Morgan fingerprint density at radius 1 is 1.00 bits per heavy atom. The van der Waals surface area contributed by atoms with Gasteiger partial charge in [-0.3, -0.25) is 0 Å². The molecule has 0 saturated carbocycles. The molecule has 0 unspecified atom stereocenters. The number of para-hydroxylation sites is 1. The maximum Gasteiger partial charge on any atom is 0.0635 e. The first kappa shape index (κ1) is 12.1. The van der Waals surface area contributed by atoms with Crippen molar-refractivity contribution < 1.29 is 0 Å². The highest BCUT2D eigenvalue weighted by Gasteiger charge is 2.02. The van der Waals surface area contributed by atoms with E-state index in [1.807, 2.05) is 42.5 Å². The first-order chi connectivity index (χ1) is 8.16. The van der Waals surface area contributed by atoms with E-state index < -0.39 is 0 Å². The van der Waals surface area contributed by atoms with Gasteiger partial charge in [-0.1, -0.05) is 29.8 Å². The number of nitrogens with two attached hydrogens (primary N) is 2. The maximum absolute atomic E-state index is 5.87. The summed E-state index contributed by atoms with van der Waals surface area (Å²) >= 11 is 7.56. The van der Waals surface area contributed by atoms with E-state index in [0.29, 0.717) is 10.7 Å². The molecule has 0 aliphatic carbocycles. The molecule has 17 heavy (non-hydrogen) atoms. The first-order valence-electron chi connectivity index (χ1n) is 5.18. The lowest BCUT2D eigenvalue weighted by Crippen LogP contribution is -1.90. The topological polar surface area (TPSA) is 52.0 Å². The van der Waals surface area contributed by atoms with E-state index in [1.165, 1.54) is 0 Å². The maximum atomic E-state index is 5.87. The number of rotatable bonds is 3. The summed E-state index contributed by atoms with van der Waals surface area (Å²) in [4.78, 5) is 1.08. The van der Waals surface area contributed by atoms with Crippen LogP contribution in [0.5, 0.6) is 0 Å². The zero-order valence-corrected chi connectivity index (χ0v) is 10.8. The second kappa shape index (κ2) is 5.34. The Labute approximate surface area is 110 Å². The molecule has 0 aromatic heterocycles. The second-order valence-electron chi connectivity index (χ2n) is 3.68.